The molecule has 0 spiro atoms. The molecule has 2 aromatic carbocycles. The molecule has 0 radical (unpaired) electrons. The molecule has 0 saturated heterocycles. The molecule has 2 aromatic rings. The van der Waals surface area contributed by atoms with Crippen molar-refractivity contribution in [1.82, 2.24) is 5.32 Å². The number of hydrogen-bond donors (Lipinski definition) is 1. The van der Waals surface area contributed by atoms with Crippen molar-refractivity contribution < 1.29 is 8.78 Å². The minimum atomic E-state index is -0.447. The molecular weight excluding hydrogens is 392 g/mol. The normalized spacial score (nSPS) is 12.4. The molecule has 2 rings (SSSR count). The van der Waals surface area contributed by atoms with Gasteiger partial charge < -0.3 is 5.32 Å². The molecule has 0 amide bonds. The maximum atomic E-state index is 14.0. The second-order valence-corrected chi connectivity index (χ2v) is 6.09. The molecule has 0 aliphatic rings. The van der Waals surface area contributed by atoms with Gasteiger partial charge in [0, 0.05) is 14.5 Å². The minimum absolute atomic E-state index is 0.301. The molecule has 106 valence electrons. The summed E-state index contributed by atoms with van der Waals surface area (Å²) in [6.07, 6.45) is 0. The molecule has 0 aliphatic heterocycles. The molecule has 0 fully saturated rings. The molecule has 1 N–H and O–H groups in total. The summed E-state index contributed by atoms with van der Waals surface area (Å²) in [5.74, 6) is -0.871. The van der Waals surface area contributed by atoms with E-state index in [1.54, 1.807) is 0 Å². The first-order valence-corrected chi connectivity index (χ1v) is 7.74. The quantitative estimate of drug-likeness (QED) is 0.739. The second kappa shape index (κ2) is 6.78. The van der Waals surface area contributed by atoms with Gasteiger partial charge in [-0.1, -0.05) is 44.8 Å². The standard InChI is InChI=1S/C15H13Br2F2N/c1-2-20-15(11-5-3-9(16)7-13(11)17)12-8-10(18)4-6-14(12)19/h3-8,15,20H,2H2,1H3. The zero-order chi connectivity index (χ0) is 14.7. The fourth-order valence-electron chi connectivity index (χ4n) is 2.06. The molecule has 1 unspecified atom stereocenters. The summed E-state index contributed by atoms with van der Waals surface area (Å²) < 4.78 is 29.2. The first-order chi connectivity index (χ1) is 9.52. The van der Waals surface area contributed by atoms with Gasteiger partial charge in [0.05, 0.1) is 6.04 Å². The summed E-state index contributed by atoms with van der Waals surface area (Å²) in [6, 6.07) is 8.75. The van der Waals surface area contributed by atoms with E-state index in [0.29, 0.717) is 12.1 Å². The van der Waals surface area contributed by atoms with Crippen molar-refractivity contribution in [1.29, 1.82) is 0 Å². The Labute approximate surface area is 133 Å². The Morgan fingerprint density at radius 3 is 2.45 bits per heavy atom. The maximum Gasteiger partial charge on any atom is 0.128 e. The summed E-state index contributed by atoms with van der Waals surface area (Å²) >= 11 is 6.85. The van der Waals surface area contributed by atoms with Crippen molar-refractivity contribution in [2.75, 3.05) is 6.54 Å². The average Bonchev–Trinajstić information content (AvgIpc) is 2.40. The van der Waals surface area contributed by atoms with E-state index >= 15 is 0 Å². The molecule has 1 atom stereocenters. The lowest BCUT2D eigenvalue weighted by atomic mass is 9.98. The second-order valence-electron chi connectivity index (χ2n) is 4.32. The first-order valence-electron chi connectivity index (χ1n) is 6.16. The van der Waals surface area contributed by atoms with Crippen molar-refractivity contribution in [2.24, 2.45) is 0 Å². The Kier molecular flexibility index (Phi) is 5.29. The monoisotopic (exact) mass is 403 g/mol. The zero-order valence-electron chi connectivity index (χ0n) is 10.8. The molecule has 0 aromatic heterocycles. The third-order valence-corrected chi connectivity index (χ3v) is 4.13. The van der Waals surface area contributed by atoms with E-state index in [9.17, 15) is 8.78 Å². The third-order valence-electron chi connectivity index (χ3n) is 2.95. The van der Waals surface area contributed by atoms with Gasteiger partial charge >= 0.3 is 0 Å². The fourth-order valence-corrected chi connectivity index (χ4v) is 3.34. The van der Waals surface area contributed by atoms with E-state index in [-0.39, 0.29) is 0 Å². The molecule has 0 saturated carbocycles. The van der Waals surface area contributed by atoms with E-state index in [0.717, 1.165) is 26.6 Å². The van der Waals surface area contributed by atoms with Gasteiger partial charge in [-0.25, -0.2) is 8.78 Å². The summed E-state index contributed by atoms with van der Waals surface area (Å²) in [6.45, 7) is 2.57. The van der Waals surface area contributed by atoms with Crippen LogP contribution in [0.4, 0.5) is 8.78 Å². The smallest absolute Gasteiger partial charge is 0.128 e. The lowest BCUT2D eigenvalue weighted by Gasteiger charge is -2.21. The molecule has 1 nitrogen and oxygen atoms in total. The molecule has 0 heterocycles. The van der Waals surface area contributed by atoms with Gasteiger partial charge in [0.1, 0.15) is 11.6 Å². The van der Waals surface area contributed by atoms with Crippen molar-refractivity contribution in [3.63, 3.8) is 0 Å². The number of halogens is 4. The SMILES string of the molecule is CCNC(c1cc(F)ccc1F)c1ccc(Br)cc1Br. The van der Waals surface area contributed by atoms with E-state index in [1.807, 2.05) is 25.1 Å². The van der Waals surface area contributed by atoms with E-state index in [4.69, 9.17) is 0 Å². The number of nitrogens with one attached hydrogen (secondary N) is 1. The maximum absolute atomic E-state index is 14.0. The van der Waals surface area contributed by atoms with Crippen LogP contribution in [0.2, 0.25) is 0 Å². The van der Waals surface area contributed by atoms with Crippen LogP contribution in [0.25, 0.3) is 0 Å². The number of benzene rings is 2. The summed E-state index contributed by atoms with van der Waals surface area (Å²) in [5.41, 5.74) is 1.16. The van der Waals surface area contributed by atoms with Gasteiger partial charge in [0.25, 0.3) is 0 Å². The van der Waals surface area contributed by atoms with Crippen LogP contribution >= 0.6 is 31.9 Å². The van der Waals surface area contributed by atoms with Gasteiger partial charge in [0.2, 0.25) is 0 Å². The Morgan fingerprint density at radius 1 is 1.05 bits per heavy atom. The predicted octanol–water partition coefficient (Wildman–Crippen LogP) is 5.19. The highest BCUT2D eigenvalue weighted by Gasteiger charge is 2.20. The Balaban J connectivity index is 2.53. The van der Waals surface area contributed by atoms with E-state index in [1.165, 1.54) is 6.07 Å². The van der Waals surface area contributed by atoms with Crippen LogP contribution in [0.3, 0.4) is 0 Å². The van der Waals surface area contributed by atoms with Crippen molar-refractivity contribution in [2.45, 2.75) is 13.0 Å². The van der Waals surface area contributed by atoms with Crippen molar-refractivity contribution >= 4 is 31.9 Å². The number of rotatable bonds is 4. The van der Waals surface area contributed by atoms with Crippen molar-refractivity contribution in [3.8, 4) is 0 Å². The molecule has 0 bridgehead atoms. The Hall–Kier alpha value is -0.780. The number of hydrogen-bond acceptors (Lipinski definition) is 1. The fraction of sp³-hybridized carbons (Fsp3) is 0.200. The van der Waals surface area contributed by atoms with Crippen LogP contribution in [0.15, 0.2) is 45.3 Å². The summed E-state index contributed by atoms with van der Waals surface area (Å²) in [4.78, 5) is 0. The highest BCUT2D eigenvalue weighted by Crippen LogP contribution is 2.32. The lowest BCUT2D eigenvalue weighted by molar-refractivity contribution is 0.544. The van der Waals surface area contributed by atoms with E-state index < -0.39 is 17.7 Å². The van der Waals surface area contributed by atoms with Gasteiger partial charge in [-0.3, -0.25) is 0 Å². The minimum Gasteiger partial charge on any atom is -0.306 e. The van der Waals surface area contributed by atoms with Crippen LogP contribution in [0.1, 0.15) is 24.1 Å². The topological polar surface area (TPSA) is 12.0 Å². The Bertz CT molecular complexity index is 617. The Morgan fingerprint density at radius 2 is 1.80 bits per heavy atom. The van der Waals surface area contributed by atoms with E-state index in [2.05, 4.69) is 37.2 Å². The lowest BCUT2D eigenvalue weighted by Crippen LogP contribution is -2.23. The van der Waals surface area contributed by atoms with Crippen LogP contribution < -0.4 is 5.32 Å². The van der Waals surface area contributed by atoms with Gasteiger partial charge in [-0.15, -0.1) is 0 Å². The van der Waals surface area contributed by atoms with Crippen LogP contribution in [0.5, 0.6) is 0 Å². The average molecular weight is 405 g/mol. The van der Waals surface area contributed by atoms with Gasteiger partial charge in [-0.05, 0) is 42.4 Å². The van der Waals surface area contributed by atoms with Crippen LogP contribution in [-0.4, -0.2) is 6.54 Å². The summed E-state index contributed by atoms with van der Waals surface area (Å²) in [5, 5.41) is 3.19. The molecule has 20 heavy (non-hydrogen) atoms. The largest absolute Gasteiger partial charge is 0.306 e. The summed E-state index contributed by atoms with van der Waals surface area (Å²) in [7, 11) is 0. The molecule has 5 heteroatoms. The predicted molar refractivity (Wildman–Crippen MR) is 83.7 cm³/mol. The molecular formula is C15H13Br2F2N. The van der Waals surface area contributed by atoms with Crippen LogP contribution in [0, 0.1) is 11.6 Å². The van der Waals surface area contributed by atoms with Gasteiger partial charge in [-0.2, -0.15) is 0 Å². The first kappa shape index (κ1) is 15.6. The molecule has 0 aliphatic carbocycles. The highest BCUT2D eigenvalue weighted by molar-refractivity contribution is 9.11. The van der Waals surface area contributed by atoms with Crippen LogP contribution in [-0.2, 0) is 0 Å². The van der Waals surface area contributed by atoms with Gasteiger partial charge in [0.15, 0.2) is 0 Å². The highest BCUT2D eigenvalue weighted by atomic mass is 79.9. The third kappa shape index (κ3) is 3.45. The zero-order valence-corrected chi connectivity index (χ0v) is 13.9. The van der Waals surface area contributed by atoms with Crippen molar-refractivity contribution in [3.05, 3.63) is 68.1 Å².